The van der Waals surface area contributed by atoms with Crippen LogP contribution >= 0.6 is 46.6 Å². The summed E-state index contributed by atoms with van der Waals surface area (Å²) in [6.45, 7) is 2.46. The lowest BCUT2D eigenvalue weighted by Crippen LogP contribution is -2.50. The predicted octanol–water partition coefficient (Wildman–Crippen LogP) is 6.91. The lowest BCUT2D eigenvalue weighted by molar-refractivity contribution is -0.140. The van der Waals surface area contributed by atoms with Crippen LogP contribution in [0.1, 0.15) is 24.5 Å². The number of carbonyl (C=O) groups is 2. The van der Waals surface area contributed by atoms with E-state index >= 15 is 0 Å². The molecule has 3 aromatic carbocycles. The van der Waals surface area contributed by atoms with Crippen LogP contribution in [-0.4, -0.2) is 35.1 Å². The van der Waals surface area contributed by atoms with E-state index in [2.05, 4.69) is 5.32 Å². The van der Waals surface area contributed by atoms with Crippen molar-refractivity contribution < 1.29 is 9.59 Å². The van der Waals surface area contributed by atoms with Crippen molar-refractivity contribution in [2.75, 3.05) is 12.3 Å². The fourth-order valence-electron chi connectivity index (χ4n) is 3.63. The van der Waals surface area contributed by atoms with Crippen LogP contribution in [0.3, 0.4) is 0 Å². The Morgan fingerprint density at radius 2 is 1.57 bits per heavy atom. The standard InChI is InChI=1S/C27H27Cl3N2O2S/c1-2-31-27(34)25(17-19-7-4-3-5-8-19)32(18-22-23(29)9-6-10-24(22)30)26(33)15-16-35-21-13-11-20(28)12-14-21/h3-14,25H,2,15-18H2,1H3,(H,31,34)/t25-/m0/s1. The third-order valence-corrected chi connectivity index (χ3v) is 7.38. The number of amides is 2. The van der Waals surface area contributed by atoms with Crippen LogP contribution in [0, 0.1) is 0 Å². The first-order chi connectivity index (χ1) is 16.9. The van der Waals surface area contributed by atoms with Crippen LogP contribution in [0.15, 0.2) is 77.7 Å². The molecule has 0 aliphatic carbocycles. The Labute approximate surface area is 225 Å². The second-order valence-corrected chi connectivity index (χ2v) is 10.3. The summed E-state index contributed by atoms with van der Waals surface area (Å²) in [4.78, 5) is 29.4. The molecule has 0 aliphatic heterocycles. The van der Waals surface area contributed by atoms with Gasteiger partial charge in [0.05, 0.1) is 0 Å². The summed E-state index contributed by atoms with van der Waals surface area (Å²) >= 11 is 20.4. The number of thioether (sulfide) groups is 1. The van der Waals surface area contributed by atoms with Crippen LogP contribution in [0.25, 0.3) is 0 Å². The molecule has 1 atom stereocenters. The molecule has 184 valence electrons. The zero-order valence-corrected chi connectivity index (χ0v) is 22.4. The number of likely N-dealkylation sites (N-methyl/N-ethyl adjacent to an activating group) is 1. The lowest BCUT2D eigenvalue weighted by atomic mass is 10.0. The number of nitrogens with one attached hydrogen (secondary N) is 1. The summed E-state index contributed by atoms with van der Waals surface area (Å²) in [5.74, 6) is 0.202. The number of carbonyl (C=O) groups excluding carboxylic acids is 2. The molecule has 0 heterocycles. The smallest absolute Gasteiger partial charge is 0.243 e. The van der Waals surface area contributed by atoms with E-state index in [0.717, 1.165) is 10.5 Å². The molecule has 0 aliphatic rings. The number of halogens is 3. The van der Waals surface area contributed by atoms with E-state index in [9.17, 15) is 9.59 Å². The van der Waals surface area contributed by atoms with Gasteiger partial charge in [-0.2, -0.15) is 0 Å². The molecular weight excluding hydrogens is 523 g/mol. The molecule has 0 aromatic heterocycles. The number of rotatable bonds is 11. The zero-order chi connectivity index (χ0) is 25.2. The Kier molecular flexibility index (Phi) is 10.8. The Morgan fingerprint density at radius 3 is 2.20 bits per heavy atom. The van der Waals surface area contributed by atoms with Gasteiger partial charge >= 0.3 is 0 Å². The number of nitrogens with zero attached hydrogens (tertiary/aromatic N) is 1. The van der Waals surface area contributed by atoms with E-state index in [1.54, 1.807) is 34.9 Å². The maximum absolute atomic E-state index is 13.6. The fraction of sp³-hybridized carbons (Fsp3) is 0.259. The summed E-state index contributed by atoms with van der Waals surface area (Å²) in [6.07, 6.45) is 0.630. The van der Waals surface area contributed by atoms with Crippen LogP contribution < -0.4 is 5.32 Å². The molecule has 0 spiro atoms. The van der Waals surface area contributed by atoms with Gasteiger partial charge in [0.1, 0.15) is 6.04 Å². The second-order valence-electron chi connectivity index (χ2n) is 7.87. The van der Waals surface area contributed by atoms with Crippen LogP contribution in [0.2, 0.25) is 15.1 Å². The van der Waals surface area contributed by atoms with E-state index in [1.807, 2.05) is 61.5 Å². The van der Waals surface area contributed by atoms with Gasteiger partial charge in [-0.25, -0.2) is 0 Å². The van der Waals surface area contributed by atoms with Crippen LogP contribution in [0.4, 0.5) is 0 Å². The lowest BCUT2D eigenvalue weighted by Gasteiger charge is -2.32. The van der Waals surface area contributed by atoms with E-state index in [4.69, 9.17) is 34.8 Å². The molecule has 3 rings (SSSR count). The monoisotopic (exact) mass is 548 g/mol. The van der Waals surface area contributed by atoms with Gasteiger partial charge in [0, 0.05) is 57.2 Å². The topological polar surface area (TPSA) is 49.4 Å². The first-order valence-corrected chi connectivity index (χ1v) is 13.4. The molecule has 0 fully saturated rings. The maximum Gasteiger partial charge on any atom is 0.243 e. The van der Waals surface area contributed by atoms with Crippen molar-refractivity contribution >= 4 is 58.4 Å². The van der Waals surface area contributed by atoms with Gasteiger partial charge in [0.15, 0.2) is 0 Å². The van der Waals surface area contributed by atoms with Crippen LogP contribution in [0.5, 0.6) is 0 Å². The number of hydrogen-bond acceptors (Lipinski definition) is 3. The third-order valence-electron chi connectivity index (χ3n) is 5.41. The average molecular weight is 550 g/mol. The highest BCUT2D eigenvalue weighted by Crippen LogP contribution is 2.28. The average Bonchev–Trinajstić information content (AvgIpc) is 2.85. The minimum absolute atomic E-state index is 0.136. The molecule has 0 unspecified atom stereocenters. The van der Waals surface area contributed by atoms with Crippen LogP contribution in [-0.2, 0) is 22.6 Å². The molecule has 8 heteroatoms. The first kappa shape index (κ1) is 27.4. The molecule has 4 nitrogen and oxygen atoms in total. The van der Waals surface area contributed by atoms with Crippen molar-refractivity contribution in [2.45, 2.75) is 37.2 Å². The first-order valence-electron chi connectivity index (χ1n) is 11.3. The predicted molar refractivity (Wildman–Crippen MR) is 146 cm³/mol. The van der Waals surface area contributed by atoms with E-state index in [0.29, 0.717) is 39.3 Å². The SMILES string of the molecule is CCNC(=O)[C@H](Cc1ccccc1)N(Cc1c(Cl)cccc1Cl)C(=O)CCSc1ccc(Cl)cc1. The van der Waals surface area contributed by atoms with E-state index < -0.39 is 6.04 Å². The normalized spacial score (nSPS) is 11.7. The Bertz CT molecular complexity index is 1110. The van der Waals surface area contributed by atoms with Crippen molar-refractivity contribution in [3.63, 3.8) is 0 Å². The van der Waals surface area contributed by atoms with Crippen molar-refractivity contribution in [1.82, 2.24) is 10.2 Å². The molecular formula is C27H27Cl3N2O2S. The maximum atomic E-state index is 13.6. The van der Waals surface area contributed by atoms with Gasteiger partial charge in [-0.1, -0.05) is 71.2 Å². The molecule has 2 amide bonds. The van der Waals surface area contributed by atoms with Gasteiger partial charge in [-0.05, 0) is 48.9 Å². The second kappa shape index (κ2) is 13.8. The summed E-state index contributed by atoms with van der Waals surface area (Å²) < 4.78 is 0. The van der Waals surface area contributed by atoms with Gasteiger partial charge in [0.25, 0.3) is 0 Å². The van der Waals surface area contributed by atoms with E-state index in [1.165, 1.54) is 0 Å². The molecule has 0 bridgehead atoms. The van der Waals surface area contributed by atoms with Crippen molar-refractivity contribution in [3.8, 4) is 0 Å². The summed E-state index contributed by atoms with van der Waals surface area (Å²) in [5.41, 5.74) is 1.58. The minimum atomic E-state index is -0.710. The van der Waals surface area contributed by atoms with E-state index in [-0.39, 0.29) is 24.8 Å². The fourth-order valence-corrected chi connectivity index (χ4v) is 5.11. The number of benzene rings is 3. The molecule has 3 aromatic rings. The molecule has 0 radical (unpaired) electrons. The summed E-state index contributed by atoms with van der Waals surface area (Å²) in [5, 5.41) is 4.47. The largest absolute Gasteiger partial charge is 0.355 e. The van der Waals surface area contributed by atoms with Gasteiger partial charge in [-0.15, -0.1) is 11.8 Å². The molecule has 1 N–H and O–H groups in total. The van der Waals surface area contributed by atoms with Gasteiger partial charge < -0.3 is 10.2 Å². The third kappa shape index (κ3) is 8.18. The molecule has 0 saturated carbocycles. The highest BCUT2D eigenvalue weighted by atomic mass is 35.5. The minimum Gasteiger partial charge on any atom is -0.355 e. The van der Waals surface area contributed by atoms with Crippen molar-refractivity contribution in [3.05, 3.63) is 99.0 Å². The Balaban J connectivity index is 1.86. The summed E-state index contributed by atoms with van der Waals surface area (Å²) in [6, 6.07) is 21.7. The Hall–Kier alpha value is -2.18. The highest BCUT2D eigenvalue weighted by molar-refractivity contribution is 7.99. The van der Waals surface area contributed by atoms with Gasteiger partial charge in [0.2, 0.25) is 11.8 Å². The van der Waals surface area contributed by atoms with Crippen molar-refractivity contribution in [1.29, 1.82) is 0 Å². The van der Waals surface area contributed by atoms with Crippen molar-refractivity contribution in [2.24, 2.45) is 0 Å². The highest BCUT2D eigenvalue weighted by Gasteiger charge is 2.30. The summed E-state index contributed by atoms with van der Waals surface area (Å²) in [7, 11) is 0. The van der Waals surface area contributed by atoms with Gasteiger partial charge in [-0.3, -0.25) is 9.59 Å². The number of hydrogen-bond donors (Lipinski definition) is 1. The zero-order valence-electron chi connectivity index (χ0n) is 19.3. The molecule has 35 heavy (non-hydrogen) atoms. The molecule has 0 saturated heterocycles. The Morgan fingerprint density at radius 1 is 0.914 bits per heavy atom. The quantitative estimate of drug-likeness (QED) is 0.265.